The van der Waals surface area contributed by atoms with Gasteiger partial charge in [-0.3, -0.25) is 0 Å². The van der Waals surface area contributed by atoms with Crippen LogP contribution in [0.4, 0.5) is 8.78 Å². The third-order valence-electron chi connectivity index (χ3n) is 2.42. The molecule has 4 nitrogen and oxygen atoms in total. The van der Waals surface area contributed by atoms with Gasteiger partial charge in [0.15, 0.2) is 5.82 Å². The third-order valence-corrected chi connectivity index (χ3v) is 4.59. The first kappa shape index (κ1) is 16.4. The van der Waals surface area contributed by atoms with E-state index in [2.05, 4.69) is 4.72 Å². The summed E-state index contributed by atoms with van der Waals surface area (Å²) in [6.45, 7) is -0.720. The van der Waals surface area contributed by atoms with E-state index in [-0.39, 0.29) is 6.54 Å². The van der Waals surface area contributed by atoms with Crippen molar-refractivity contribution in [3.63, 3.8) is 0 Å². The largest absolute Gasteiger partial charge is 0.391 e. The average molecular weight is 311 g/mol. The first-order valence-electron chi connectivity index (χ1n) is 5.50. The lowest BCUT2D eigenvalue weighted by atomic mass is 10.2. The molecule has 0 spiro atoms. The van der Waals surface area contributed by atoms with Gasteiger partial charge in [-0.05, 0) is 30.6 Å². The van der Waals surface area contributed by atoms with E-state index >= 15 is 0 Å². The minimum atomic E-state index is -4.03. The minimum Gasteiger partial charge on any atom is -0.391 e. The molecule has 0 bridgehead atoms. The molecule has 0 saturated carbocycles. The standard InChI is InChI=1S/C11H15F2NO3S2/c1-18-6-2-5-14-19(16,17)10-4-3-9(12)8(7-15)11(10)13/h3-4,14-15H,2,5-7H2,1H3. The summed E-state index contributed by atoms with van der Waals surface area (Å²) >= 11 is 1.57. The molecule has 0 unspecified atom stereocenters. The van der Waals surface area contributed by atoms with Gasteiger partial charge in [0, 0.05) is 6.54 Å². The fourth-order valence-corrected chi connectivity index (χ4v) is 3.04. The summed E-state index contributed by atoms with van der Waals surface area (Å²) < 4.78 is 52.8. The van der Waals surface area contributed by atoms with Gasteiger partial charge in [0.1, 0.15) is 10.7 Å². The van der Waals surface area contributed by atoms with Crippen LogP contribution in [-0.2, 0) is 16.6 Å². The average Bonchev–Trinajstić information content (AvgIpc) is 2.35. The van der Waals surface area contributed by atoms with E-state index in [9.17, 15) is 17.2 Å². The van der Waals surface area contributed by atoms with Gasteiger partial charge in [-0.25, -0.2) is 21.9 Å². The molecule has 0 radical (unpaired) electrons. The Labute approximate surface area is 115 Å². The van der Waals surface area contributed by atoms with E-state index in [1.165, 1.54) is 0 Å². The summed E-state index contributed by atoms with van der Waals surface area (Å²) in [5, 5.41) is 8.84. The zero-order valence-electron chi connectivity index (χ0n) is 10.3. The highest BCUT2D eigenvalue weighted by Crippen LogP contribution is 2.20. The number of hydrogen-bond acceptors (Lipinski definition) is 4. The summed E-state index contributed by atoms with van der Waals surface area (Å²) in [6, 6.07) is 1.67. The highest BCUT2D eigenvalue weighted by Gasteiger charge is 2.22. The molecular weight excluding hydrogens is 296 g/mol. The Morgan fingerprint density at radius 3 is 2.63 bits per heavy atom. The smallest absolute Gasteiger partial charge is 0.243 e. The molecule has 0 fully saturated rings. The van der Waals surface area contributed by atoms with Crippen LogP contribution in [0.5, 0.6) is 0 Å². The minimum absolute atomic E-state index is 0.175. The molecule has 8 heteroatoms. The number of nitrogens with one attached hydrogen (secondary N) is 1. The summed E-state index contributed by atoms with van der Waals surface area (Å²) in [4.78, 5) is -0.651. The molecule has 0 aliphatic rings. The van der Waals surface area contributed by atoms with E-state index in [1.807, 2.05) is 6.26 Å². The zero-order chi connectivity index (χ0) is 14.5. The number of thioether (sulfide) groups is 1. The highest BCUT2D eigenvalue weighted by atomic mass is 32.2. The lowest BCUT2D eigenvalue weighted by molar-refractivity contribution is 0.267. The van der Waals surface area contributed by atoms with Crippen LogP contribution in [0.15, 0.2) is 17.0 Å². The molecule has 0 atom stereocenters. The summed E-state index contributed by atoms with van der Waals surface area (Å²) in [5.74, 6) is -1.45. The van der Waals surface area contributed by atoms with E-state index in [0.29, 0.717) is 6.42 Å². The predicted molar refractivity (Wildman–Crippen MR) is 70.5 cm³/mol. The fourth-order valence-electron chi connectivity index (χ4n) is 1.43. The van der Waals surface area contributed by atoms with Crippen LogP contribution < -0.4 is 4.72 Å². The Balaban J connectivity index is 2.96. The Hall–Kier alpha value is -0.700. The van der Waals surface area contributed by atoms with Crippen molar-refractivity contribution in [1.29, 1.82) is 0 Å². The predicted octanol–water partition coefficient (Wildman–Crippen LogP) is 1.49. The van der Waals surface area contributed by atoms with Gasteiger partial charge in [-0.15, -0.1) is 0 Å². The van der Waals surface area contributed by atoms with Crippen LogP contribution in [0.3, 0.4) is 0 Å². The molecule has 19 heavy (non-hydrogen) atoms. The lowest BCUT2D eigenvalue weighted by Gasteiger charge is -2.10. The van der Waals surface area contributed by atoms with Crippen molar-refractivity contribution in [2.24, 2.45) is 0 Å². The first-order chi connectivity index (χ1) is 8.94. The van der Waals surface area contributed by atoms with Gasteiger partial charge < -0.3 is 5.11 Å². The van der Waals surface area contributed by atoms with Crippen molar-refractivity contribution in [2.75, 3.05) is 18.6 Å². The van der Waals surface area contributed by atoms with Crippen molar-refractivity contribution >= 4 is 21.8 Å². The topological polar surface area (TPSA) is 66.4 Å². The molecule has 0 amide bonds. The van der Waals surface area contributed by atoms with Crippen molar-refractivity contribution < 1.29 is 22.3 Å². The van der Waals surface area contributed by atoms with Crippen LogP contribution in [0.2, 0.25) is 0 Å². The number of halogens is 2. The second-order valence-corrected chi connectivity index (χ2v) is 6.46. The van der Waals surface area contributed by atoms with E-state index in [0.717, 1.165) is 17.9 Å². The molecule has 2 N–H and O–H groups in total. The van der Waals surface area contributed by atoms with Crippen molar-refractivity contribution in [3.8, 4) is 0 Å². The summed E-state index contributed by atoms with van der Waals surface area (Å²) in [6.07, 6.45) is 2.50. The Kier molecular flexibility index (Phi) is 6.18. The molecule has 0 aliphatic carbocycles. The van der Waals surface area contributed by atoms with E-state index in [4.69, 9.17) is 5.11 Å². The SMILES string of the molecule is CSCCCNS(=O)(=O)c1ccc(F)c(CO)c1F. The molecule has 0 aliphatic heterocycles. The fraction of sp³-hybridized carbons (Fsp3) is 0.455. The normalized spacial score (nSPS) is 11.8. The number of sulfonamides is 1. The van der Waals surface area contributed by atoms with Crippen LogP contribution in [-0.4, -0.2) is 32.1 Å². The number of aliphatic hydroxyl groups is 1. The van der Waals surface area contributed by atoms with Gasteiger partial charge in [-0.1, -0.05) is 0 Å². The highest BCUT2D eigenvalue weighted by molar-refractivity contribution is 7.98. The first-order valence-corrected chi connectivity index (χ1v) is 8.38. The van der Waals surface area contributed by atoms with Crippen molar-refractivity contribution in [2.45, 2.75) is 17.9 Å². The number of benzene rings is 1. The van der Waals surface area contributed by atoms with Crippen molar-refractivity contribution in [3.05, 3.63) is 29.3 Å². The maximum absolute atomic E-state index is 13.8. The maximum Gasteiger partial charge on any atom is 0.243 e. The Bertz CT molecular complexity index is 535. The van der Waals surface area contributed by atoms with Crippen LogP contribution in [0, 0.1) is 11.6 Å². The quantitative estimate of drug-likeness (QED) is 0.749. The molecule has 1 rings (SSSR count). The summed E-state index contributed by atoms with van der Waals surface area (Å²) in [5.41, 5.74) is -0.646. The van der Waals surface area contributed by atoms with Gasteiger partial charge in [0.05, 0.1) is 12.2 Å². The van der Waals surface area contributed by atoms with Crippen LogP contribution in [0.1, 0.15) is 12.0 Å². The number of aliphatic hydroxyl groups excluding tert-OH is 1. The van der Waals surface area contributed by atoms with E-state index < -0.39 is 38.7 Å². The molecule has 1 aromatic rings. The summed E-state index contributed by atoms with van der Waals surface area (Å²) in [7, 11) is -4.03. The second-order valence-electron chi connectivity index (χ2n) is 3.74. The zero-order valence-corrected chi connectivity index (χ0v) is 12.0. The number of hydrogen-bond donors (Lipinski definition) is 2. The van der Waals surface area contributed by atoms with Crippen LogP contribution >= 0.6 is 11.8 Å². The molecule has 0 heterocycles. The molecular formula is C11H15F2NO3S2. The van der Waals surface area contributed by atoms with Crippen LogP contribution in [0.25, 0.3) is 0 Å². The van der Waals surface area contributed by atoms with Gasteiger partial charge in [0.2, 0.25) is 10.0 Å². The lowest BCUT2D eigenvalue weighted by Crippen LogP contribution is -2.26. The van der Waals surface area contributed by atoms with E-state index in [1.54, 1.807) is 11.8 Å². The molecule has 0 saturated heterocycles. The molecule has 108 valence electrons. The van der Waals surface area contributed by atoms with Crippen molar-refractivity contribution in [1.82, 2.24) is 4.72 Å². The Morgan fingerprint density at radius 1 is 1.37 bits per heavy atom. The second kappa shape index (κ2) is 7.18. The number of rotatable bonds is 7. The monoisotopic (exact) mass is 311 g/mol. The third kappa shape index (κ3) is 4.13. The van der Waals surface area contributed by atoms with Gasteiger partial charge in [0.25, 0.3) is 0 Å². The van der Waals surface area contributed by atoms with Gasteiger partial charge >= 0.3 is 0 Å². The molecule has 1 aromatic carbocycles. The Morgan fingerprint density at radius 2 is 2.05 bits per heavy atom. The van der Waals surface area contributed by atoms with Gasteiger partial charge in [-0.2, -0.15) is 11.8 Å². The maximum atomic E-state index is 13.8. The molecule has 0 aromatic heterocycles.